The van der Waals surface area contributed by atoms with E-state index < -0.39 is 0 Å². The van der Waals surface area contributed by atoms with Crippen LogP contribution in [0.15, 0.2) is 0 Å². The Morgan fingerprint density at radius 1 is 0.944 bits per heavy atom. The van der Waals surface area contributed by atoms with E-state index in [0.717, 1.165) is 25.6 Å². The molecule has 18 heavy (non-hydrogen) atoms. The summed E-state index contributed by atoms with van der Waals surface area (Å²) >= 11 is 4.22. The smallest absolute Gasteiger partial charge is 0.0808 e. The van der Waals surface area contributed by atoms with Crippen molar-refractivity contribution in [3.05, 3.63) is 0 Å². The quantitative estimate of drug-likeness (QED) is 0.449. The summed E-state index contributed by atoms with van der Waals surface area (Å²) in [6, 6.07) is 0. The molecule has 1 unspecified atom stereocenters. The average Bonchev–Trinajstić information content (AvgIpc) is 2.42. The standard InChI is InChI=1S/C15H30O2S/c18-13-9-5-3-1-2-4-7-11-16-14-15-10-6-8-12-17-15/h15,18H,1-14H2. The molecule has 0 saturated carbocycles. The van der Waals surface area contributed by atoms with E-state index in [2.05, 4.69) is 12.6 Å². The minimum atomic E-state index is 0.375. The van der Waals surface area contributed by atoms with Crippen LogP contribution >= 0.6 is 12.6 Å². The summed E-state index contributed by atoms with van der Waals surface area (Å²) in [6.45, 7) is 2.65. The van der Waals surface area contributed by atoms with E-state index in [9.17, 15) is 0 Å². The second-order valence-corrected chi connectivity index (χ2v) is 5.71. The molecular weight excluding hydrogens is 244 g/mol. The lowest BCUT2D eigenvalue weighted by atomic mass is 10.1. The maximum absolute atomic E-state index is 5.68. The van der Waals surface area contributed by atoms with Crippen molar-refractivity contribution in [1.82, 2.24) is 0 Å². The van der Waals surface area contributed by atoms with Gasteiger partial charge in [-0.05, 0) is 37.9 Å². The fraction of sp³-hybridized carbons (Fsp3) is 1.00. The Kier molecular flexibility index (Phi) is 11.2. The summed E-state index contributed by atoms with van der Waals surface area (Å²) in [5.74, 6) is 1.04. The molecule has 1 atom stereocenters. The maximum Gasteiger partial charge on any atom is 0.0808 e. The van der Waals surface area contributed by atoms with Crippen molar-refractivity contribution in [3.63, 3.8) is 0 Å². The largest absolute Gasteiger partial charge is 0.379 e. The van der Waals surface area contributed by atoms with Gasteiger partial charge >= 0.3 is 0 Å². The van der Waals surface area contributed by atoms with E-state index in [1.165, 1.54) is 64.2 Å². The topological polar surface area (TPSA) is 18.5 Å². The molecule has 0 bridgehead atoms. The third-order valence-corrected chi connectivity index (χ3v) is 3.84. The molecule has 1 heterocycles. The molecule has 2 nitrogen and oxygen atoms in total. The van der Waals surface area contributed by atoms with Gasteiger partial charge in [0.25, 0.3) is 0 Å². The normalized spacial score (nSPS) is 20.2. The van der Waals surface area contributed by atoms with Gasteiger partial charge in [0, 0.05) is 13.2 Å². The van der Waals surface area contributed by atoms with Crippen molar-refractivity contribution in [2.75, 3.05) is 25.6 Å². The Bertz CT molecular complexity index is 170. The van der Waals surface area contributed by atoms with Gasteiger partial charge in [-0.25, -0.2) is 0 Å². The fourth-order valence-corrected chi connectivity index (χ4v) is 2.58. The second-order valence-electron chi connectivity index (χ2n) is 5.26. The van der Waals surface area contributed by atoms with E-state index in [1.807, 2.05) is 0 Å². The first-order valence-electron chi connectivity index (χ1n) is 7.73. The molecule has 1 saturated heterocycles. The van der Waals surface area contributed by atoms with E-state index in [0.29, 0.717) is 6.10 Å². The van der Waals surface area contributed by atoms with E-state index in [1.54, 1.807) is 0 Å². The number of thiol groups is 1. The van der Waals surface area contributed by atoms with Gasteiger partial charge in [0.15, 0.2) is 0 Å². The SMILES string of the molecule is SCCCCCCCCCOCC1CCCCO1. The molecule has 0 aromatic carbocycles. The highest BCUT2D eigenvalue weighted by atomic mass is 32.1. The molecule has 108 valence electrons. The molecule has 0 aliphatic carbocycles. The van der Waals surface area contributed by atoms with Crippen molar-refractivity contribution in [2.45, 2.75) is 70.3 Å². The molecule has 0 amide bonds. The van der Waals surface area contributed by atoms with Gasteiger partial charge in [0.05, 0.1) is 12.7 Å². The third kappa shape index (κ3) is 9.23. The summed E-state index contributed by atoms with van der Waals surface area (Å²) < 4.78 is 11.3. The molecule has 0 aromatic heterocycles. The Morgan fingerprint density at radius 2 is 1.67 bits per heavy atom. The van der Waals surface area contributed by atoms with Crippen LogP contribution in [0.5, 0.6) is 0 Å². The van der Waals surface area contributed by atoms with E-state index >= 15 is 0 Å². The molecule has 0 radical (unpaired) electrons. The van der Waals surface area contributed by atoms with Crippen LogP contribution in [-0.4, -0.2) is 31.7 Å². The van der Waals surface area contributed by atoms with Gasteiger partial charge < -0.3 is 9.47 Å². The van der Waals surface area contributed by atoms with Gasteiger partial charge in [-0.1, -0.05) is 32.1 Å². The monoisotopic (exact) mass is 274 g/mol. The highest BCUT2D eigenvalue weighted by molar-refractivity contribution is 7.80. The van der Waals surface area contributed by atoms with Gasteiger partial charge in [0.1, 0.15) is 0 Å². The van der Waals surface area contributed by atoms with E-state index in [4.69, 9.17) is 9.47 Å². The zero-order valence-electron chi connectivity index (χ0n) is 11.7. The van der Waals surface area contributed by atoms with Crippen molar-refractivity contribution in [1.29, 1.82) is 0 Å². The second kappa shape index (κ2) is 12.3. The van der Waals surface area contributed by atoms with Crippen LogP contribution < -0.4 is 0 Å². The first kappa shape index (κ1) is 16.3. The van der Waals surface area contributed by atoms with Crippen LogP contribution in [0.4, 0.5) is 0 Å². The number of ether oxygens (including phenoxy) is 2. The number of hydrogen-bond acceptors (Lipinski definition) is 3. The highest BCUT2D eigenvalue weighted by Crippen LogP contribution is 2.13. The van der Waals surface area contributed by atoms with Gasteiger partial charge in [-0.3, -0.25) is 0 Å². The molecule has 1 fully saturated rings. The van der Waals surface area contributed by atoms with Crippen LogP contribution in [0.25, 0.3) is 0 Å². The zero-order valence-corrected chi connectivity index (χ0v) is 12.6. The summed E-state index contributed by atoms with van der Waals surface area (Å²) in [4.78, 5) is 0. The van der Waals surface area contributed by atoms with Gasteiger partial charge in [0.2, 0.25) is 0 Å². The zero-order chi connectivity index (χ0) is 12.9. The summed E-state index contributed by atoms with van der Waals surface area (Å²) in [5.41, 5.74) is 0. The van der Waals surface area contributed by atoms with E-state index in [-0.39, 0.29) is 0 Å². The minimum Gasteiger partial charge on any atom is -0.379 e. The Morgan fingerprint density at radius 3 is 2.33 bits per heavy atom. The number of unbranched alkanes of at least 4 members (excludes halogenated alkanes) is 6. The lowest BCUT2D eigenvalue weighted by molar-refractivity contribution is -0.0411. The summed E-state index contributed by atoms with van der Waals surface area (Å²) in [5, 5.41) is 0. The highest BCUT2D eigenvalue weighted by Gasteiger charge is 2.13. The molecule has 3 heteroatoms. The Hall–Kier alpha value is 0.270. The molecular formula is C15H30O2S. The molecule has 0 N–H and O–H groups in total. The van der Waals surface area contributed by atoms with Gasteiger partial charge in [-0.15, -0.1) is 0 Å². The maximum atomic E-state index is 5.68. The molecule has 0 spiro atoms. The lowest BCUT2D eigenvalue weighted by Gasteiger charge is -2.22. The molecule has 0 aromatic rings. The Labute approximate surface area is 118 Å². The van der Waals surface area contributed by atoms with Crippen LogP contribution in [0.3, 0.4) is 0 Å². The first-order chi connectivity index (χ1) is 8.93. The first-order valence-corrected chi connectivity index (χ1v) is 8.37. The van der Waals surface area contributed by atoms with Crippen molar-refractivity contribution >= 4 is 12.6 Å². The van der Waals surface area contributed by atoms with Crippen LogP contribution in [0.1, 0.15) is 64.2 Å². The summed E-state index contributed by atoms with van der Waals surface area (Å²) in [7, 11) is 0. The van der Waals surface area contributed by atoms with Crippen molar-refractivity contribution < 1.29 is 9.47 Å². The van der Waals surface area contributed by atoms with Crippen LogP contribution in [-0.2, 0) is 9.47 Å². The molecule has 1 rings (SSSR count). The fourth-order valence-electron chi connectivity index (χ4n) is 2.35. The van der Waals surface area contributed by atoms with Crippen molar-refractivity contribution in [3.8, 4) is 0 Å². The molecule has 1 aliphatic rings. The van der Waals surface area contributed by atoms with Gasteiger partial charge in [-0.2, -0.15) is 12.6 Å². The predicted molar refractivity (Wildman–Crippen MR) is 80.6 cm³/mol. The average molecular weight is 274 g/mol. The van der Waals surface area contributed by atoms with Crippen LogP contribution in [0, 0.1) is 0 Å². The number of rotatable bonds is 11. The Balaban J connectivity index is 1.73. The lowest BCUT2D eigenvalue weighted by Crippen LogP contribution is -2.24. The summed E-state index contributed by atoms with van der Waals surface area (Å²) in [6.07, 6.45) is 13.3. The predicted octanol–water partition coefficient (Wildman–Crippen LogP) is 4.23. The minimum absolute atomic E-state index is 0.375. The number of hydrogen-bond donors (Lipinski definition) is 1. The van der Waals surface area contributed by atoms with Crippen LogP contribution in [0.2, 0.25) is 0 Å². The molecule has 1 aliphatic heterocycles. The van der Waals surface area contributed by atoms with Crippen molar-refractivity contribution in [2.24, 2.45) is 0 Å². The third-order valence-electron chi connectivity index (χ3n) is 3.52.